The Kier molecular flexibility index (Phi) is 6.68. The number of fused-ring (bicyclic) bond motifs is 1. The molecule has 3 aliphatic rings. The summed E-state index contributed by atoms with van der Waals surface area (Å²) in [5.74, 6) is -2.07. The standard InChI is InChI=1S/C16H23N3O4.C2HF3O2/c1-12-6-14(23-17-12)15(20)19-7-13-8-22-11-16(13,10-19)9-18-2-4-21-5-3-18;3-2(4,5)1(6)7/h6,13H,2-5,7-11H2,1H3;(H,6,7)/t13-,16+;/m1./s1. The Balaban J connectivity index is 0.000000318. The summed E-state index contributed by atoms with van der Waals surface area (Å²) in [5.41, 5.74) is 0.779. The molecule has 0 aromatic carbocycles. The average Bonchev–Trinajstić information content (AvgIpc) is 3.35. The molecule has 3 aliphatic heterocycles. The SMILES string of the molecule is Cc1cc(C(=O)N2C[C@@H]3COC[C@]3(CN3CCOCC3)C2)on1.O=C(O)C(F)(F)F. The maximum absolute atomic E-state index is 12.6. The van der Waals surface area contributed by atoms with Crippen LogP contribution in [0.5, 0.6) is 0 Å². The van der Waals surface area contributed by atoms with Gasteiger partial charge in [0.25, 0.3) is 5.91 Å². The van der Waals surface area contributed by atoms with Crippen LogP contribution >= 0.6 is 0 Å². The van der Waals surface area contributed by atoms with E-state index in [-0.39, 0.29) is 11.3 Å². The number of nitrogens with zero attached hydrogens (tertiary/aromatic N) is 3. The smallest absolute Gasteiger partial charge is 0.475 e. The lowest BCUT2D eigenvalue weighted by molar-refractivity contribution is -0.192. The van der Waals surface area contributed by atoms with E-state index in [0.29, 0.717) is 11.7 Å². The summed E-state index contributed by atoms with van der Waals surface area (Å²) in [6, 6.07) is 1.71. The second-order valence-electron chi connectivity index (χ2n) is 7.78. The predicted octanol–water partition coefficient (Wildman–Crippen LogP) is 1.04. The molecule has 0 spiro atoms. The average molecular weight is 435 g/mol. The third kappa shape index (κ3) is 5.10. The van der Waals surface area contributed by atoms with E-state index in [1.807, 2.05) is 11.8 Å². The Morgan fingerprint density at radius 1 is 1.30 bits per heavy atom. The minimum absolute atomic E-state index is 0.0437. The quantitative estimate of drug-likeness (QED) is 0.751. The third-order valence-electron chi connectivity index (χ3n) is 5.53. The van der Waals surface area contributed by atoms with Crippen molar-refractivity contribution in [3.63, 3.8) is 0 Å². The molecule has 1 aromatic rings. The highest BCUT2D eigenvalue weighted by Crippen LogP contribution is 2.42. The number of carboxylic acid groups (broad SMARTS) is 1. The highest BCUT2D eigenvalue weighted by molar-refractivity contribution is 5.91. The van der Waals surface area contributed by atoms with Gasteiger partial charge in [0.2, 0.25) is 5.76 Å². The molecule has 168 valence electrons. The lowest BCUT2D eigenvalue weighted by Gasteiger charge is -2.36. The normalized spacial score (nSPS) is 26.8. The molecule has 1 aromatic heterocycles. The number of hydrogen-bond donors (Lipinski definition) is 1. The summed E-state index contributed by atoms with van der Waals surface area (Å²) < 4.78 is 48.1. The van der Waals surface area contributed by atoms with E-state index in [2.05, 4.69) is 10.1 Å². The molecule has 0 aliphatic carbocycles. The van der Waals surface area contributed by atoms with Gasteiger partial charge in [-0.3, -0.25) is 9.69 Å². The van der Waals surface area contributed by atoms with E-state index in [1.165, 1.54) is 0 Å². The topological polar surface area (TPSA) is 105 Å². The maximum Gasteiger partial charge on any atom is 0.490 e. The van der Waals surface area contributed by atoms with Crippen molar-refractivity contribution in [1.29, 1.82) is 0 Å². The Morgan fingerprint density at radius 2 is 1.97 bits per heavy atom. The van der Waals surface area contributed by atoms with Crippen molar-refractivity contribution in [3.05, 3.63) is 17.5 Å². The van der Waals surface area contributed by atoms with Crippen LogP contribution in [0.4, 0.5) is 13.2 Å². The minimum atomic E-state index is -5.08. The number of hydrogen-bond acceptors (Lipinski definition) is 7. The predicted molar refractivity (Wildman–Crippen MR) is 94.8 cm³/mol. The second-order valence-corrected chi connectivity index (χ2v) is 7.78. The van der Waals surface area contributed by atoms with Crippen LogP contribution in [0.2, 0.25) is 0 Å². The van der Waals surface area contributed by atoms with E-state index in [0.717, 1.165) is 64.8 Å². The number of amides is 1. The molecule has 1 amide bonds. The molecular formula is C18H24F3N3O6. The number of aromatic nitrogens is 1. The molecule has 4 rings (SSSR count). The lowest BCUT2D eigenvalue weighted by Crippen LogP contribution is -2.47. The van der Waals surface area contributed by atoms with Crippen molar-refractivity contribution in [2.24, 2.45) is 11.3 Å². The minimum Gasteiger partial charge on any atom is -0.475 e. The van der Waals surface area contributed by atoms with E-state index in [9.17, 15) is 18.0 Å². The second kappa shape index (κ2) is 8.90. The first-order chi connectivity index (χ1) is 14.1. The first-order valence-corrected chi connectivity index (χ1v) is 9.51. The molecular weight excluding hydrogens is 411 g/mol. The number of morpholine rings is 1. The lowest BCUT2D eigenvalue weighted by atomic mass is 9.80. The van der Waals surface area contributed by atoms with Gasteiger partial charge in [0.15, 0.2) is 0 Å². The van der Waals surface area contributed by atoms with Gasteiger partial charge in [-0.25, -0.2) is 4.79 Å². The van der Waals surface area contributed by atoms with Gasteiger partial charge in [-0.1, -0.05) is 5.16 Å². The van der Waals surface area contributed by atoms with Gasteiger partial charge in [-0.2, -0.15) is 13.2 Å². The van der Waals surface area contributed by atoms with Gasteiger partial charge in [0, 0.05) is 50.1 Å². The largest absolute Gasteiger partial charge is 0.490 e. The fourth-order valence-corrected chi connectivity index (χ4v) is 4.04. The van der Waals surface area contributed by atoms with Gasteiger partial charge >= 0.3 is 12.1 Å². The zero-order valence-electron chi connectivity index (χ0n) is 16.5. The van der Waals surface area contributed by atoms with Crippen LogP contribution in [0.25, 0.3) is 0 Å². The molecule has 0 unspecified atom stereocenters. The highest BCUT2D eigenvalue weighted by Gasteiger charge is 2.52. The zero-order chi connectivity index (χ0) is 21.9. The van der Waals surface area contributed by atoms with Gasteiger partial charge < -0.3 is 24.0 Å². The number of carbonyl (C=O) groups is 2. The number of carboxylic acids is 1. The molecule has 3 saturated heterocycles. The Bertz CT molecular complexity index is 765. The van der Waals surface area contributed by atoms with Gasteiger partial charge in [-0.05, 0) is 6.92 Å². The molecule has 0 bridgehead atoms. The maximum atomic E-state index is 12.6. The Labute approximate surface area is 170 Å². The van der Waals surface area contributed by atoms with Crippen molar-refractivity contribution >= 4 is 11.9 Å². The van der Waals surface area contributed by atoms with E-state index < -0.39 is 12.1 Å². The van der Waals surface area contributed by atoms with Crippen LogP contribution in [-0.4, -0.2) is 97.3 Å². The van der Waals surface area contributed by atoms with E-state index in [1.54, 1.807) is 6.07 Å². The number of ether oxygens (including phenoxy) is 2. The Morgan fingerprint density at radius 3 is 2.53 bits per heavy atom. The number of aliphatic carboxylic acids is 1. The number of halogens is 3. The molecule has 0 radical (unpaired) electrons. The molecule has 2 atom stereocenters. The summed E-state index contributed by atoms with van der Waals surface area (Å²) in [6.45, 7) is 9.25. The molecule has 3 fully saturated rings. The third-order valence-corrected chi connectivity index (χ3v) is 5.53. The van der Waals surface area contributed by atoms with Crippen molar-refractivity contribution < 1.29 is 41.9 Å². The van der Waals surface area contributed by atoms with Gasteiger partial charge in [0.1, 0.15) is 0 Å². The fraction of sp³-hybridized carbons (Fsp3) is 0.722. The van der Waals surface area contributed by atoms with Crippen LogP contribution in [0, 0.1) is 18.3 Å². The first kappa shape index (κ1) is 22.5. The Hall–Kier alpha value is -2.18. The monoisotopic (exact) mass is 435 g/mol. The van der Waals surface area contributed by atoms with Crippen molar-refractivity contribution in [1.82, 2.24) is 15.0 Å². The zero-order valence-corrected chi connectivity index (χ0v) is 16.5. The summed E-state index contributed by atoms with van der Waals surface area (Å²) in [5, 5.41) is 10.9. The number of carbonyl (C=O) groups excluding carboxylic acids is 1. The molecule has 0 saturated carbocycles. The number of aryl methyl sites for hydroxylation is 1. The van der Waals surface area contributed by atoms with Crippen LogP contribution in [0.15, 0.2) is 10.6 Å². The van der Waals surface area contributed by atoms with E-state index >= 15 is 0 Å². The number of alkyl halides is 3. The van der Waals surface area contributed by atoms with Crippen LogP contribution in [0.1, 0.15) is 16.2 Å². The number of likely N-dealkylation sites (tertiary alicyclic amines) is 1. The van der Waals surface area contributed by atoms with Crippen molar-refractivity contribution in [3.8, 4) is 0 Å². The van der Waals surface area contributed by atoms with Gasteiger partial charge in [0.05, 0.1) is 32.1 Å². The number of rotatable bonds is 3. The summed E-state index contributed by atoms with van der Waals surface area (Å²) in [4.78, 5) is 25.9. The van der Waals surface area contributed by atoms with Crippen LogP contribution in [-0.2, 0) is 14.3 Å². The summed E-state index contributed by atoms with van der Waals surface area (Å²) in [6.07, 6.45) is -5.08. The molecule has 12 heteroatoms. The van der Waals surface area contributed by atoms with Crippen LogP contribution < -0.4 is 0 Å². The highest BCUT2D eigenvalue weighted by atomic mass is 19.4. The molecule has 30 heavy (non-hydrogen) atoms. The van der Waals surface area contributed by atoms with Crippen molar-refractivity contribution in [2.75, 3.05) is 59.2 Å². The van der Waals surface area contributed by atoms with Crippen LogP contribution in [0.3, 0.4) is 0 Å². The summed E-state index contributed by atoms with van der Waals surface area (Å²) >= 11 is 0. The molecule has 4 heterocycles. The van der Waals surface area contributed by atoms with E-state index in [4.69, 9.17) is 23.9 Å². The van der Waals surface area contributed by atoms with Crippen molar-refractivity contribution in [2.45, 2.75) is 13.1 Å². The first-order valence-electron chi connectivity index (χ1n) is 9.51. The van der Waals surface area contributed by atoms with Gasteiger partial charge in [-0.15, -0.1) is 0 Å². The fourth-order valence-electron chi connectivity index (χ4n) is 4.04. The summed E-state index contributed by atoms with van der Waals surface area (Å²) in [7, 11) is 0. The molecule has 9 nitrogen and oxygen atoms in total. The molecule has 1 N–H and O–H groups in total.